The molecule has 0 amide bonds. The average molecular weight is 379 g/mol. The molecule has 2 aromatic rings. The van der Waals surface area contributed by atoms with E-state index >= 15 is 0 Å². The Morgan fingerprint density at radius 3 is 2.71 bits per heavy atom. The van der Waals surface area contributed by atoms with Crippen LogP contribution in [0.25, 0.3) is 10.8 Å². The molecule has 0 aliphatic rings. The normalized spacial score (nSPS) is 12.4. The number of alkyl halides is 3. The summed E-state index contributed by atoms with van der Waals surface area (Å²) in [6.45, 7) is -0.844. The van der Waals surface area contributed by atoms with Crippen LogP contribution in [0.1, 0.15) is 0 Å². The molecule has 0 bridgehead atoms. The predicted octanol–water partition coefficient (Wildman–Crippen LogP) is 2.89. The van der Waals surface area contributed by atoms with Gasteiger partial charge in [0.2, 0.25) is 10.0 Å². The topological polar surface area (TPSA) is 50.3 Å². The van der Waals surface area contributed by atoms with E-state index in [1.165, 1.54) is 18.5 Å². The zero-order valence-electron chi connectivity index (χ0n) is 10.9. The molecule has 2 rings (SSSR count). The van der Waals surface area contributed by atoms with Crippen molar-refractivity contribution in [3.05, 3.63) is 36.7 Å². The molecular weight excluding hydrogens is 366 g/mol. The summed E-state index contributed by atoms with van der Waals surface area (Å²) in [5.41, 5.74) is 0. The summed E-state index contributed by atoms with van der Waals surface area (Å²) in [5.74, 6) is 0. The molecule has 1 aromatic heterocycles. The van der Waals surface area contributed by atoms with Gasteiger partial charge in [0.25, 0.3) is 6.43 Å². The van der Waals surface area contributed by atoms with Crippen LogP contribution in [0.5, 0.6) is 0 Å². The first-order chi connectivity index (χ1) is 9.96. The summed E-state index contributed by atoms with van der Waals surface area (Å²) in [6.07, 6.45) is 0.287. The van der Waals surface area contributed by atoms with Crippen molar-refractivity contribution in [1.82, 2.24) is 9.29 Å². The third-order valence-electron chi connectivity index (χ3n) is 2.93. The largest absolute Gasteiger partial charge is 0.264 e. The molecule has 21 heavy (non-hydrogen) atoms. The number of pyridine rings is 1. The minimum Gasteiger partial charge on any atom is -0.264 e. The quantitative estimate of drug-likeness (QED) is 0.726. The molecule has 4 nitrogen and oxygen atoms in total. The molecule has 114 valence electrons. The maximum Gasteiger partial charge on any atom is 0.252 e. The molecule has 0 atom stereocenters. The third kappa shape index (κ3) is 3.56. The van der Waals surface area contributed by atoms with Crippen molar-refractivity contribution >= 4 is 36.7 Å². The number of benzene rings is 1. The van der Waals surface area contributed by atoms with Crippen molar-refractivity contribution in [2.24, 2.45) is 0 Å². The standard InChI is InChI=1S/C13H13BrF2N2O2S/c14-5-7-18(9-13(15)16)21(19,20)12-3-1-2-10-8-17-6-4-11(10)12/h1-4,6,8,13H,5,7,9H2. The van der Waals surface area contributed by atoms with Crippen LogP contribution in [-0.4, -0.2) is 42.6 Å². The number of nitrogens with zero attached hydrogens (tertiary/aromatic N) is 2. The second-order valence-electron chi connectivity index (χ2n) is 4.30. The van der Waals surface area contributed by atoms with Gasteiger partial charge in [-0.3, -0.25) is 4.98 Å². The van der Waals surface area contributed by atoms with Gasteiger partial charge in [-0.2, -0.15) is 4.31 Å². The van der Waals surface area contributed by atoms with E-state index in [1.807, 2.05) is 0 Å². The Morgan fingerprint density at radius 2 is 2.05 bits per heavy atom. The molecule has 0 saturated heterocycles. The monoisotopic (exact) mass is 378 g/mol. The van der Waals surface area contributed by atoms with Crippen LogP contribution in [0.3, 0.4) is 0 Å². The van der Waals surface area contributed by atoms with Crippen LogP contribution in [-0.2, 0) is 10.0 Å². The van der Waals surface area contributed by atoms with Gasteiger partial charge in [0.05, 0.1) is 11.4 Å². The van der Waals surface area contributed by atoms with Gasteiger partial charge in [-0.15, -0.1) is 0 Å². The number of hydrogen-bond donors (Lipinski definition) is 0. The van der Waals surface area contributed by atoms with E-state index in [1.54, 1.807) is 18.2 Å². The van der Waals surface area contributed by atoms with Gasteiger partial charge in [-0.1, -0.05) is 28.1 Å². The van der Waals surface area contributed by atoms with E-state index in [2.05, 4.69) is 20.9 Å². The number of fused-ring (bicyclic) bond motifs is 1. The number of aromatic nitrogens is 1. The highest BCUT2D eigenvalue weighted by Gasteiger charge is 2.28. The van der Waals surface area contributed by atoms with Gasteiger partial charge in [0.1, 0.15) is 0 Å². The first kappa shape index (κ1) is 16.3. The minimum atomic E-state index is -3.99. The van der Waals surface area contributed by atoms with E-state index in [4.69, 9.17) is 0 Å². The first-order valence-electron chi connectivity index (χ1n) is 6.14. The molecule has 0 N–H and O–H groups in total. The zero-order chi connectivity index (χ0) is 15.5. The lowest BCUT2D eigenvalue weighted by atomic mass is 10.2. The van der Waals surface area contributed by atoms with Crippen molar-refractivity contribution in [3.8, 4) is 0 Å². The Morgan fingerprint density at radius 1 is 1.29 bits per heavy atom. The Kier molecular flexibility index (Phi) is 5.23. The molecule has 0 aliphatic heterocycles. The van der Waals surface area contributed by atoms with Gasteiger partial charge in [-0.25, -0.2) is 17.2 Å². The van der Waals surface area contributed by atoms with Crippen LogP contribution in [0, 0.1) is 0 Å². The summed E-state index contributed by atoms with van der Waals surface area (Å²) < 4.78 is 51.3. The second-order valence-corrected chi connectivity index (χ2v) is 7.00. The maximum absolute atomic E-state index is 12.6. The zero-order valence-corrected chi connectivity index (χ0v) is 13.3. The number of hydrogen-bond acceptors (Lipinski definition) is 3. The molecular formula is C13H13BrF2N2O2S. The van der Waals surface area contributed by atoms with Crippen molar-refractivity contribution in [3.63, 3.8) is 0 Å². The van der Waals surface area contributed by atoms with E-state index in [0.717, 1.165) is 4.31 Å². The van der Waals surface area contributed by atoms with Gasteiger partial charge in [0, 0.05) is 35.0 Å². The van der Waals surface area contributed by atoms with Gasteiger partial charge >= 0.3 is 0 Å². The van der Waals surface area contributed by atoms with Crippen molar-refractivity contribution in [1.29, 1.82) is 0 Å². The fraction of sp³-hybridized carbons (Fsp3) is 0.308. The molecule has 8 heteroatoms. The Hall–Kier alpha value is -1.12. The van der Waals surface area contributed by atoms with Crippen LogP contribution >= 0.6 is 15.9 Å². The van der Waals surface area contributed by atoms with E-state index < -0.39 is 23.0 Å². The van der Waals surface area contributed by atoms with Crippen LogP contribution in [0.4, 0.5) is 8.78 Å². The first-order valence-corrected chi connectivity index (χ1v) is 8.70. The number of sulfonamides is 1. The molecule has 0 saturated carbocycles. The van der Waals surface area contributed by atoms with Gasteiger partial charge < -0.3 is 0 Å². The Bertz CT molecular complexity index is 720. The molecule has 0 unspecified atom stereocenters. The van der Waals surface area contributed by atoms with E-state index in [0.29, 0.717) is 10.8 Å². The average Bonchev–Trinajstić information content (AvgIpc) is 2.45. The molecule has 0 fully saturated rings. The highest BCUT2D eigenvalue weighted by molar-refractivity contribution is 9.09. The van der Waals surface area contributed by atoms with Crippen molar-refractivity contribution in [2.45, 2.75) is 11.3 Å². The Labute approximate surface area is 130 Å². The van der Waals surface area contributed by atoms with Gasteiger partial charge in [0.15, 0.2) is 0 Å². The molecule has 0 spiro atoms. The predicted molar refractivity (Wildman–Crippen MR) is 80.3 cm³/mol. The van der Waals surface area contributed by atoms with Crippen LogP contribution in [0.2, 0.25) is 0 Å². The van der Waals surface area contributed by atoms with Crippen molar-refractivity contribution < 1.29 is 17.2 Å². The number of rotatable bonds is 6. The highest BCUT2D eigenvalue weighted by Crippen LogP contribution is 2.25. The summed E-state index contributed by atoms with van der Waals surface area (Å²) >= 11 is 3.09. The maximum atomic E-state index is 12.6. The smallest absolute Gasteiger partial charge is 0.252 e. The van der Waals surface area contributed by atoms with Gasteiger partial charge in [-0.05, 0) is 12.1 Å². The summed E-state index contributed by atoms with van der Waals surface area (Å²) in [4.78, 5) is 3.95. The second kappa shape index (κ2) is 6.76. The minimum absolute atomic E-state index is 0.0176. The Balaban J connectivity index is 2.54. The third-order valence-corrected chi connectivity index (χ3v) is 5.21. The highest BCUT2D eigenvalue weighted by atomic mass is 79.9. The molecule has 0 radical (unpaired) electrons. The molecule has 0 aliphatic carbocycles. The fourth-order valence-corrected chi connectivity index (χ4v) is 4.31. The van der Waals surface area contributed by atoms with Crippen LogP contribution in [0.15, 0.2) is 41.6 Å². The SMILES string of the molecule is O=S(=O)(c1cccc2cnccc12)N(CCBr)CC(F)F. The van der Waals surface area contributed by atoms with E-state index in [-0.39, 0.29) is 16.8 Å². The number of halogens is 3. The van der Waals surface area contributed by atoms with Crippen molar-refractivity contribution in [2.75, 3.05) is 18.4 Å². The molecule has 1 heterocycles. The lowest BCUT2D eigenvalue weighted by Crippen LogP contribution is -2.36. The van der Waals surface area contributed by atoms with Crippen LogP contribution < -0.4 is 0 Å². The lowest BCUT2D eigenvalue weighted by molar-refractivity contribution is 0.121. The van der Waals surface area contributed by atoms with E-state index in [9.17, 15) is 17.2 Å². The molecule has 1 aromatic carbocycles. The lowest BCUT2D eigenvalue weighted by Gasteiger charge is -2.21. The summed E-state index contributed by atoms with van der Waals surface area (Å²) in [7, 11) is -3.99. The summed E-state index contributed by atoms with van der Waals surface area (Å²) in [5, 5.41) is 1.40. The summed E-state index contributed by atoms with van der Waals surface area (Å²) in [6, 6.07) is 6.29. The fourth-order valence-electron chi connectivity index (χ4n) is 2.01.